The Balaban J connectivity index is 1.10. The van der Waals surface area contributed by atoms with Gasteiger partial charge in [0.05, 0.1) is 17.8 Å². The summed E-state index contributed by atoms with van der Waals surface area (Å²) in [6.07, 6.45) is 7.63. The summed E-state index contributed by atoms with van der Waals surface area (Å²) in [5.74, 6) is -0.338. The van der Waals surface area contributed by atoms with Crippen molar-refractivity contribution in [1.29, 1.82) is 0 Å². The molecular weight excluding hydrogens is 658 g/mol. The highest BCUT2D eigenvalue weighted by Gasteiger charge is 2.50. The van der Waals surface area contributed by atoms with Gasteiger partial charge in [-0.15, -0.1) is 0 Å². The first-order valence-electron chi connectivity index (χ1n) is 17.8. The number of unbranched alkanes of at least 4 members (excludes halogenated alkanes) is 2. The third-order valence-corrected chi connectivity index (χ3v) is 12.2. The summed E-state index contributed by atoms with van der Waals surface area (Å²) < 4.78 is 48.4. The van der Waals surface area contributed by atoms with Crippen LogP contribution in [0.2, 0.25) is 0 Å². The summed E-state index contributed by atoms with van der Waals surface area (Å²) in [4.78, 5) is 28.1. The molecule has 0 spiro atoms. The molecule has 2 N–H and O–H groups in total. The third-order valence-electron chi connectivity index (χ3n) is 11.0. The van der Waals surface area contributed by atoms with E-state index in [1.807, 2.05) is 18.2 Å². The molecule has 5 heterocycles. The van der Waals surface area contributed by atoms with Crippen LogP contribution in [-0.2, 0) is 36.4 Å². The summed E-state index contributed by atoms with van der Waals surface area (Å²) in [5, 5.41) is 7.88. The van der Waals surface area contributed by atoms with E-state index in [2.05, 4.69) is 52.8 Å². The number of carbonyl (C=O) groups is 2. The maximum absolute atomic E-state index is 13.2. The number of hydrogen-bond donors (Lipinski definition) is 2. The molecular formula is C38H46N3O8S+. The number of anilines is 1. The van der Waals surface area contributed by atoms with Crippen LogP contribution in [0.4, 0.5) is 5.69 Å². The zero-order valence-electron chi connectivity index (χ0n) is 28.7. The highest BCUT2D eigenvalue weighted by Crippen LogP contribution is 2.55. The van der Waals surface area contributed by atoms with Crippen LogP contribution in [0.5, 0.6) is 0 Å². The molecule has 12 heteroatoms. The first kappa shape index (κ1) is 34.4. The topological polar surface area (TPSA) is 141 Å². The number of amides is 1. The molecule has 0 bridgehead atoms. The van der Waals surface area contributed by atoms with Gasteiger partial charge in [0.25, 0.3) is 15.6 Å². The van der Waals surface area contributed by atoms with Gasteiger partial charge in [0.1, 0.15) is 5.25 Å². The van der Waals surface area contributed by atoms with Crippen LogP contribution >= 0.6 is 0 Å². The number of benzene rings is 2. The molecule has 4 unspecified atom stereocenters. The monoisotopic (exact) mass is 704 g/mol. The van der Waals surface area contributed by atoms with E-state index in [0.717, 1.165) is 67.8 Å². The number of nitrogens with zero attached hydrogens (tertiary/aromatic N) is 3. The average Bonchev–Trinajstić information content (AvgIpc) is 3.59. The molecule has 4 aliphatic heterocycles. The fraction of sp³-hybridized carbons (Fsp3) is 0.500. The van der Waals surface area contributed by atoms with Crippen molar-refractivity contribution in [2.75, 3.05) is 24.5 Å². The number of hydrogen-bond acceptors (Lipinski definition) is 7. The van der Waals surface area contributed by atoms with Crippen LogP contribution in [0.25, 0.3) is 16.7 Å². The van der Waals surface area contributed by atoms with Gasteiger partial charge in [0.2, 0.25) is 11.5 Å². The lowest BCUT2D eigenvalue weighted by Crippen LogP contribution is -2.48. The number of aromatic nitrogens is 1. The smallest absolute Gasteiger partial charge is 0.380 e. The lowest BCUT2D eigenvalue weighted by Gasteiger charge is -2.42. The minimum atomic E-state index is -4.33. The number of ether oxygens (including phenoxy) is 1. The van der Waals surface area contributed by atoms with E-state index in [9.17, 15) is 22.6 Å². The number of carbonyl (C=O) groups excluding carboxylic acids is 1. The summed E-state index contributed by atoms with van der Waals surface area (Å²) in [6.45, 7) is 5.36. The van der Waals surface area contributed by atoms with Crippen LogP contribution in [0.15, 0.2) is 70.3 Å². The van der Waals surface area contributed by atoms with Gasteiger partial charge in [-0.3, -0.25) is 14.1 Å². The molecule has 50 heavy (non-hydrogen) atoms. The van der Waals surface area contributed by atoms with Crippen LogP contribution < -0.4 is 9.47 Å². The fourth-order valence-corrected chi connectivity index (χ4v) is 8.81. The lowest BCUT2D eigenvalue weighted by atomic mass is 9.73. The quantitative estimate of drug-likeness (QED) is 0.132. The van der Waals surface area contributed by atoms with Crippen molar-refractivity contribution in [2.24, 2.45) is 0 Å². The van der Waals surface area contributed by atoms with Crippen LogP contribution in [0, 0.1) is 0 Å². The molecule has 0 saturated carbocycles. The third kappa shape index (κ3) is 6.37. The number of aryl methyl sites for hydroxylation is 1. The molecule has 1 amide bonds. The molecule has 3 aromatic rings. The predicted molar refractivity (Wildman–Crippen MR) is 188 cm³/mol. The number of carboxylic acids is 1. The molecule has 266 valence electrons. The maximum Gasteiger partial charge on any atom is 0.380 e. The Kier molecular flexibility index (Phi) is 9.38. The predicted octanol–water partition coefficient (Wildman–Crippen LogP) is 5.63. The highest BCUT2D eigenvalue weighted by atomic mass is 32.2. The average molecular weight is 705 g/mol. The van der Waals surface area contributed by atoms with Gasteiger partial charge < -0.3 is 24.1 Å². The Labute approximate surface area is 292 Å². The number of carboxylic acid groups (broad SMARTS) is 1. The second-order valence-corrected chi connectivity index (χ2v) is 16.2. The number of oxazole rings is 1. The summed E-state index contributed by atoms with van der Waals surface area (Å²) >= 11 is 0. The number of aliphatic carboxylic acids is 1. The molecule has 7 rings (SSSR count). The van der Waals surface area contributed by atoms with Gasteiger partial charge in [0.15, 0.2) is 6.54 Å². The molecule has 11 nitrogen and oxygen atoms in total. The molecule has 0 aliphatic carbocycles. The minimum Gasteiger partial charge on any atom is -0.481 e. The Hall–Kier alpha value is -4.00. The number of para-hydroxylation sites is 3. The van der Waals surface area contributed by atoms with Crippen molar-refractivity contribution in [3.8, 4) is 0 Å². The SMILES string of the molecule is CC(CN(CCCC(=O)O)C(=O)CCCCCC1(C)C2=C3C=C4c5oc6ccccc6[n+]5CCC4OC3CCN2c2ccccc21)S(=O)(=O)O. The zero-order chi connectivity index (χ0) is 35.2. The Morgan fingerprint density at radius 3 is 2.62 bits per heavy atom. The second kappa shape index (κ2) is 13.6. The number of rotatable bonds is 13. The molecule has 0 fully saturated rings. The van der Waals surface area contributed by atoms with Crippen LogP contribution in [-0.4, -0.2) is 71.9 Å². The first-order valence-corrected chi connectivity index (χ1v) is 19.3. The zero-order valence-corrected chi connectivity index (χ0v) is 29.5. The maximum atomic E-state index is 13.2. The summed E-state index contributed by atoms with van der Waals surface area (Å²) in [6, 6.07) is 16.8. The van der Waals surface area contributed by atoms with E-state index in [0.29, 0.717) is 6.42 Å². The van der Waals surface area contributed by atoms with Gasteiger partial charge in [-0.25, -0.2) is 0 Å². The van der Waals surface area contributed by atoms with Crippen molar-refractivity contribution in [1.82, 2.24) is 4.90 Å². The molecule has 4 aliphatic rings. The van der Waals surface area contributed by atoms with E-state index in [1.165, 1.54) is 34.3 Å². The normalized spacial score (nSPS) is 23.0. The van der Waals surface area contributed by atoms with Crippen molar-refractivity contribution < 1.29 is 41.4 Å². The van der Waals surface area contributed by atoms with E-state index in [4.69, 9.17) is 14.3 Å². The van der Waals surface area contributed by atoms with Crippen molar-refractivity contribution >= 4 is 44.4 Å². The van der Waals surface area contributed by atoms with Gasteiger partial charge in [-0.05, 0) is 63.3 Å². The molecule has 0 saturated heterocycles. The Morgan fingerprint density at radius 2 is 1.82 bits per heavy atom. The van der Waals surface area contributed by atoms with E-state index >= 15 is 0 Å². The van der Waals surface area contributed by atoms with E-state index in [1.54, 1.807) is 0 Å². The Bertz CT molecular complexity index is 1980. The minimum absolute atomic E-state index is 0.00630. The number of fused-ring (bicyclic) bond motifs is 9. The van der Waals surface area contributed by atoms with E-state index in [-0.39, 0.29) is 55.9 Å². The van der Waals surface area contributed by atoms with Gasteiger partial charge in [0, 0.05) is 67.3 Å². The number of allylic oxidation sites excluding steroid dienone is 1. The van der Waals surface area contributed by atoms with Crippen LogP contribution in [0.1, 0.15) is 83.1 Å². The van der Waals surface area contributed by atoms with Crippen LogP contribution in [0.3, 0.4) is 0 Å². The largest absolute Gasteiger partial charge is 0.481 e. The Morgan fingerprint density at radius 1 is 1.04 bits per heavy atom. The van der Waals surface area contributed by atoms with E-state index < -0.39 is 21.3 Å². The molecule has 0 radical (unpaired) electrons. The fourth-order valence-electron chi connectivity index (χ4n) is 8.44. The van der Waals surface area contributed by atoms with Crippen molar-refractivity contribution in [3.63, 3.8) is 0 Å². The van der Waals surface area contributed by atoms with Gasteiger partial charge >= 0.3 is 11.9 Å². The van der Waals surface area contributed by atoms with Gasteiger partial charge in [-0.2, -0.15) is 13.0 Å². The molecule has 1 aromatic heterocycles. The molecule has 4 atom stereocenters. The standard InChI is InChI=1S/C38H45N3O8S/c1-25(50(45,46)47)24-39(20-10-16-35(43)44)34(42)15-4-3-9-19-38(2)28-11-5-6-12-29(28)40-21-17-31-26(36(38)40)23-27-32(48-31)18-22-41-30-13-7-8-14-33(30)49-37(27)41/h5-8,11-14,23,25,31-32H,3-4,9-10,15-22,24H2,1-2H3,(H-,43,44,45,46,47)/p+1. The lowest BCUT2D eigenvalue weighted by molar-refractivity contribution is -0.683. The summed E-state index contributed by atoms with van der Waals surface area (Å²) in [5.41, 5.74) is 7.84. The first-order chi connectivity index (χ1) is 24.0. The highest BCUT2D eigenvalue weighted by molar-refractivity contribution is 7.86. The van der Waals surface area contributed by atoms with Gasteiger partial charge in [-0.1, -0.05) is 43.2 Å². The van der Waals surface area contributed by atoms with Crippen molar-refractivity contribution in [2.45, 2.75) is 101 Å². The second-order valence-electron chi connectivity index (χ2n) is 14.3. The summed E-state index contributed by atoms with van der Waals surface area (Å²) in [7, 11) is -4.33. The molecule has 2 aromatic carbocycles. The van der Waals surface area contributed by atoms with Crippen molar-refractivity contribution in [3.05, 3.63) is 77.3 Å².